The van der Waals surface area contributed by atoms with Crippen molar-refractivity contribution in [1.82, 2.24) is 0 Å². The lowest BCUT2D eigenvalue weighted by Gasteiger charge is -2.12. The SMILES string of the molecule is CCCOC[C@@H]1CC[C@@H](CC)O1. The van der Waals surface area contributed by atoms with Crippen LogP contribution in [0.15, 0.2) is 0 Å². The second kappa shape index (κ2) is 5.55. The van der Waals surface area contributed by atoms with E-state index < -0.39 is 0 Å². The van der Waals surface area contributed by atoms with Gasteiger partial charge >= 0.3 is 0 Å². The van der Waals surface area contributed by atoms with E-state index in [0.29, 0.717) is 12.2 Å². The van der Waals surface area contributed by atoms with Crippen LogP contribution in [0.2, 0.25) is 0 Å². The first-order chi connectivity index (χ1) is 5.86. The van der Waals surface area contributed by atoms with Gasteiger partial charge in [0.25, 0.3) is 0 Å². The second-order valence-electron chi connectivity index (χ2n) is 3.44. The highest BCUT2D eigenvalue weighted by Gasteiger charge is 2.23. The molecule has 0 aromatic carbocycles. The van der Waals surface area contributed by atoms with Crippen molar-refractivity contribution in [3.63, 3.8) is 0 Å². The summed E-state index contributed by atoms with van der Waals surface area (Å²) in [6, 6.07) is 0. The molecule has 0 aliphatic carbocycles. The average Bonchev–Trinajstić information content (AvgIpc) is 2.53. The Morgan fingerprint density at radius 3 is 2.58 bits per heavy atom. The van der Waals surface area contributed by atoms with Crippen LogP contribution in [0.3, 0.4) is 0 Å². The normalized spacial score (nSPS) is 29.5. The maximum absolute atomic E-state index is 5.73. The molecule has 1 aliphatic heterocycles. The maximum atomic E-state index is 5.73. The van der Waals surface area contributed by atoms with E-state index in [-0.39, 0.29) is 0 Å². The summed E-state index contributed by atoms with van der Waals surface area (Å²) in [4.78, 5) is 0. The summed E-state index contributed by atoms with van der Waals surface area (Å²) in [6.45, 7) is 5.98. The summed E-state index contributed by atoms with van der Waals surface area (Å²) < 4.78 is 11.2. The Kier molecular flexibility index (Phi) is 4.62. The molecule has 1 aliphatic rings. The van der Waals surface area contributed by atoms with Gasteiger partial charge in [-0.15, -0.1) is 0 Å². The van der Waals surface area contributed by atoms with Crippen molar-refractivity contribution in [2.45, 2.75) is 51.7 Å². The predicted octanol–water partition coefficient (Wildman–Crippen LogP) is 2.37. The molecular weight excluding hydrogens is 152 g/mol. The van der Waals surface area contributed by atoms with Crippen LogP contribution in [-0.2, 0) is 9.47 Å². The highest BCUT2D eigenvalue weighted by atomic mass is 16.5. The average molecular weight is 172 g/mol. The van der Waals surface area contributed by atoms with E-state index in [0.717, 1.165) is 26.1 Å². The van der Waals surface area contributed by atoms with Gasteiger partial charge < -0.3 is 9.47 Å². The van der Waals surface area contributed by atoms with Gasteiger partial charge in [-0.2, -0.15) is 0 Å². The van der Waals surface area contributed by atoms with Gasteiger partial charge in [0.2, 0.25) is 0 Å². The smallest absolute Gasteiger partial charge is 0.0813 e. The molecule has 2 heteroatoms. The Morgan fingerprint density at radius 2 is 2.00 bits per heavy atom. The van der Waals surface area contributed by atoms with Gasteiger partial charge in [0.15, 0.2) is 0 Å². The minimum Gasteiger partial charge on any atom is -0.379 e. The van der Waals surface area contributed by atoms with Crippen molar-refractivity contribution in [3.05, 3.63) is 0 Å². The molecule has 1 saturated heterocycles. The highest BCUT2D eigenvalue weighted by molar-refractivity contribution is 4.71. The molecular formula is C10H20O2. The topological polar surface area (TPSA) is 18.5 Å². The van der Waals surface area contributed by atoms with E-state index in [9.17, 15) is 0 Å². The molecule has 0 saturated carbocycles. The molecule has 0 bridgehead atoms. The fourth-order valence-electron chi connectivity index (χ4n) is 1.56. The Bertz CT molecular complexity index is 114. The first-order valence-electron chi connectivity index (χ1n) is 5.10. The third-order valence-electron chi connectivity index (χ3n) is 2.30. The molecule has 0 aromatic heterocycles. The number of ether oxygens (including phenoxy) is 2. The van der Waals surface area contributed by atoms with Crippen molar-refractivity contribution in [2.75, 3.05) is 13.2 Å². The molecule has 0 radical (unpaired) electrons. The maximum Gasteiger partial charge on any atom is 0.0813 e. The minimum absolute atomic E-state index is 0.376. The summed E-state index contributed by atoms with van der Waals surface area (Å²) in [5, 5.41) is 0. The molecule has 1 rings (SSSR count). The summed E-state index contributed by atoms with van der Waals surface area (Å²) in [6.07, 6.45) is 5.52. The van der Waals surface area contributed by atoms with Crippen LogP contribution in [0.1, 0.15) is 39.5 Å². The molecule has 2 atom stereocenters. The molecule has 1 heterocycles. The van der Waals surface area contributed by atoms with Crippen molar-refractivity contribution in [3.8, 4) is 0 Å². The summed E-state index contributed by atoms with van der Waals surface area (Å²) in [7, 11) is 0. The first-order valence-corrected chi connectivity index (χ1v) is 5.10. The number of rotatable bonds is 5. The van der Waals surface area contributed by atoms with Crippen LogP contribution in [0.25, 0.3) is 0 Å². The largest absolute Gasteiger partial charge is 0.379 e. The quantitative estimate of drug-likeness (QED) is 0.593. The number of hydrogen-bond acceptors (Lipinski definition) is 2. The number of hydrogen-bond donors (Lipinski definition) is 0. The van der Waals surface area contributed by atoms with Gasteiger partial charge in [-0.3, -0.25) is 0 Å². The summed E-state index contributed by atoms with van der Waals surface area (Å²) in [5.74, 6) is 0. The van der Waals surface area contributed by atoms with E-state index >= 15 is 0 Å². The molecule has 72 valence electrons. The van der Waals surface area contributed by atoms with Crippen molar-refractivity contribution in [1.29, 1.82) is 0 Å². The minimum atomic E-state index is 0.376. The van der Waals surface area contributed by atoms with Crippen LogP contribution >= 0.6 is 0 Å². The van der Waals surface area contributed by atoms with Gasteiger partial charge in [-0.25, -0.2) is 0 Å². The Hall–Kier alpha value is -0.0800. The molecule has 0 unspecified atom stereocenters. The Morgan fingerprint density at radius 1 is 1.25 bits per heavy atom. The van der Waals surface area contributed by atoms with Gasteiger partial charge in [-0.05, 0) is 25.7 Å². The lowest BCUT2D eigenvalue weighted by molar-refractivity contribution is -0.0155. The van der Waals surface area contributed by atoms with Crippen LogP contribution in [0, 0.1) is 0 Å². The van der Waals surface area contributed by atoms with Crippen LogP contribution in [0.5, 0.6) is 0 Å². The monoisotopic (exact) mass is 172 g/mol. The molecule has 2 nitrogen and oxygen atoms in total. The molecule has 0 spiro atoms. The fourth-order valence-corrected chi connectivity index (χ4v) is 1.56. The lowest BCUT2D eigenvalue weighted by Crippen LogP contribution is -2.16. The summed E-state index contributed by atoms with van der Waals surface area (Å²) >= 11 is 0. The summed E-state index contributed by atoms with van der Waals surface area (Å²) in [5.41, 5.74) is 0. The molecule has 12 heavy (non-hydrogen) atoms. The molecule has 0 N–H and O–H groups in total. The Balaban J connectivity index is 2.03. The van der Waals surface area contributed by atoms with Gasteiger partial charge in [0.05, 0.1) is 18.8 Å². The fraction of sp³-hybridized carbons (Fsp3) is 1.00. The van der Waals surface area contributed by atoms with E-state index in [1.165, 1.54) is 12.8 Å². The Labute approximate surface area is 75.2 Å². The zero-order valence-electron chi connectivity index (χ0n) is 8.21. The first kappa shape index (κ1) is 10.0. The zero-order chi connectivity index (χ0) is 8.81. The van der Waals surface area contributed by atoms with E-state index in [1.54, 1.807) is 0 Å². The van der Waals surface area contributed by atoms with Crippen LogP contribution in [-0.4, -0.2) is 25.4 Å². The van der Waals surface area contributed by atoms with E-state index in [1.807, 2.05) is 0 Å². The second-order valence-corrected chi connectivity index (χ2v) is 3.44. The van der Waals surface area contributed by atoms with Crippen molar-refractivity contribution in [2.24, 2.45) is 0 Å². The van der Waals surface area contributed by atoms with Crippen LogP contribution < -0.4 is 0 Å². The van der Waals surface area contributed by atoms with Gasteiger partial charge in [0, 0.05) is 6.61 Å². The van der Waals surface area contributed by atoms with Gasteiger partial charge in [-0.1, -0.05) is 13.8 Å². The lowest BCUT2D eigenvalue weighted by atomic mass is 10.2. The molecule has 0 amide bonds. The zero-order valence-corrected chi connectivity index (χ0v) is 8.21. The molecule has 0 aromatic rings. The predicted molar refractivity (Wildman–Crippen MR) is 49.3 cm³/mol. The standard InChI is InChI=1S/C10H20O2/c1-3-7-11-8-10-6-5-9(4-2)12-10/h9-10H,3-8H2,1-2H3/t9-,10+/m1/s1. The van der Waals surface area contributed by atoms with Gasteiger partial charge in [0.1, 0.15) is 0 Å². The highest BCUT2D eigenvalue weighted by Crippen LogP contribution is 2.21. The van der Waals surface area contributed by atoms with E-state index in [2.05, 4.69) is 13.8 Å². The van der Waals surface area contributed by atoms with Crippen molar-refractivity contribution < 1.29 is 9.47 Å². The van der Waals surface area contributed by atoms with E-state index in [4.69, 9.17) is 9.47 Å². The van der Waals surface area contributed by atoms with Crippen molar-refractivity contribution >= 4 is 0 Å². The molecule has 1 fully saturated rings. The third kappa shape index (κ3) is 3.11. The van der Waals surface area contributed by atoms with Crippen LogP contribution in [0.4, 0.5) is 0 Å². The third-order valence-corrected chi connectivity index (χ3v) is 2.30.